The molecule has 1 aromatic carbocycles. The van der Waals surface area contributed by atoms with E-state index in [1.807, 2.05) is 0 Å². The maximum absolute atomic E-state index is 13.6. The van der Waals surface area contributed by atoms with Gasteiger partial charge in [-0.2, -0.15) is 0 Å². The van der Waals surface area contributed by atoms with Crippen LogP contribution in [0.3, 0.4) is 0 Å². The van der Waals surface area contributed by atoms with Crippen molar-refractivity contribution in [1.82, 2.24) is 4.90 Å². The average Bonchev–Trinajstić information content (AvgIpc) is 2.77. The fraction of sp³-hybridized carbons (Fsp3) is 0.538. The largest absolute Gasteiger partial charge is 0.377 e. The summed E-state index contributed by atoms with van der Waals surface area (Å²) >= 11 is 0. The van der Waals surface area contributed by atoms with E-state index < -0.39 is 29.0 Å². The summed E-state index contributed by atoms with van der Waals surface area (Å²) in [7, 11) is 0. The van der Waals surface area contributed by atoms with Crippen LogP contribution in [0.5, 0.6) is 0 Å². The van der Waals surface area contributed by atoms with Gasteiger partial charge in [-0.25, -0.2) is 17.6 Å². The number of anilines is 1. The molecule has 2 heterocycles. The zero-order chi connectivity index (χ0) is 13.6. The third-order valence-corrected chi connectivity index (χ3v) is 4.08. The highest BCUT2D eigenvalue weighted by atomic mass is 19.2. The molecule has 2 aliphatic rings. The monoisotopic (exact) mass is 274 g/mol. The van der Waals surface area contributed by atoms with Crippen molar-refractivity contribution in [2.75, 3.05) is 25.0 Å². The molecule has 0 saturated carbocycles. The first kappa shape index (κ1) is 12.7. The molecular formula is C13H14F4N2. The van der Waals surface area contributed by atoms with Crippen molar-refractivity contribution in [2.45, 2.75) is 18.9 Å². The van der Waals surface area contributed by atoms with Gasteiger partial charge in [0.2, 0.25) is 0 Å². The molecule has 1 N–H and O–H groups in total. The van der Waals surface area contributed by atoms with Gasteiger partial charge in [0.15, 0.2) is 23.3 Å². The molecule has 6 heteroatoms. The summed E-state index contributed by atoms with van der Waals surface area (Å²) in [5, 5.41) is 2.67. The molecule has 0 spiro atoms. The molecule has 2 saturated heterocycles. The van der Waals surface area contributed by atoms with Crippen molar-refractivity contribution in [3.8, 4) is 0 Å². The normalized spacial score (nSPS) is 29.6. The van der Waals surface area contributed by atoms with Gasteiger partial charge in [0.25, 0.3) is 0 Å². The van der Waals surface area contributed by atoms with Crippen LogP contribution in [-0.4, -0.2) is 30.6 Å². The minimum atomic E-state index is -1.37. The van der Waals surface area contributed by atoms with Crippen molar-refractivity contribution in [3.63, 3.8) is 0 Å². The zero-order valence-electron chi connectivity index (χ0n) is 10.2. The van der Waals surface area contributed by atoms with Crippen LogP contribution in [0.1, 0.15) is 12.8 Å². The van der Waals surface area contributed by atoms with Gasteiger partial charge < -0.3 is 10.2 Å². The maximum atomic E-state index is 13.6. The van der Waals surface area contributed by atoms with Crippen LogP contribution < -0.4 is 5.32 Å². The molecule has 0 aliphatic carbocycles. The molecule has 0 amide bonds. The molecule has 19 heavy (non-hydrogen) atoms. The summed E-state index contributed by atoms with van der Waals surface area (Å²) in [5.74, 6) is -5.16. The molecule has 2 bridgehead atoms. The lowest BCUT2D eigenvalue weighted by molar-refractivity contribution is 0.254. The summed E-state index contributed by atoms with van der Waals surface area (Å²) in [5.41, 5.74) is -0.678. The van der Waals surface area contributed by atoms with Crippen LogP contribution in [0.2, 0.25) is 0 Å². The van der Waals surface area contributed by atoms with Crippen LogP contribution >= 0.6 is 0 Å². The van der Waals surface area contributed by atoms with Gasteiger partial charge >= 0.3 is 0 Å². The molecule has 2 aliphatic heterocycles. The van der Waals surface area contributed by atoms with E-state index in [9.17, 15) is 17.6 Å². The summed E-state index contributed by atoms with van der Waals surface area (Å²) in [4.78, 5) is 2.28. The number of hydrogen-bond acceptors (Lipinski definition) is 2. The van der Waals surface area contributed by atoms with E-state index in [4.69, 9.17) is 0 Å². The quantitative estimate of drug-likeness (QED) is 0.659. The van der Waals surface area contributed by atoms with Crippen LogP contribution in [-0.2, 0) is 0 Å². The van der Waals surface area contributed by atoms with E-state index >= 15 is 0 Å². The molecule has 3 atom stereocenters. The van der Waals surface area contributed by atoms with Crippen molar-refractivity contribution in [2.24, 2.45) is 5.92 Å². The second-order valence-electron chi connectivity index (χ2n) is 5.23. The lowest BCUT2D eigenvalue weighted by Crippen LogP contribution is -2.40. The number of halogens is 4. The highest BCUT2D eigenvalue weighted by Gasteiger charge is 2.35. The fourth-order valence-corrected chi connectivity index (χ4v) is 3.03. The highest BCUT2D eigenvalue weighted by molar-refractivity contribution is 5.48. The van der Waals surface area contributed by atoms with Gasteiger partial charge in [-0.05, 0) is 25.3 Å². The van der Waals surface area contributed by atoms with Crippen molar-refractivity contribution >= 4 is 5.69 Å². The topological polar surface area (TPSA) is 15.3 Å². The Hall–Kier alpha value is -1.30. The summed E-state index contributed by atoms with van der Waals surface area (Å²) in [6.45, 7) is 2.69. The summed E-state index contributed by atoms with van der Waals surface area (Å²) < 4.78 is 53.4. The van der Waals surface area contributed by atoms with Crippen molar-refractivity contribution in [3.05, 3.63) is 29.3 Å². The minimum absolute atomic E-state index is 0.135. The second-order valence-corrected chi connectivity index (χ2v) is 5.23. The Labute approximate surface area is 108 Å². The van der Waals surface area contributed by atoms with Gasteiger partial charge in [-0.3, -0.25) is 0 Å². The first-order valence-electron chi connectivity index (χ1n) is 6.38. The predicted octanol–water partition coefficient (Wildman–Crippen LogP) is 2.75. The predicted molar refractivity (Wildman–Crippen MR) is 62.8 cm³/mol. The molecule has 2 fully saturated rings. The van der Waals surface area contributed by atoms with Gasteiger partial charge in [0, 0.05) is 25.2 Å². The second kappa shape index (κ2) is 4.67. The van der Waals surface area contributed by atoms with E-state index in [1.165, 1.54) is 0 Å². The number of fused-ring (bicyclic) bond motifs is 2. The fourth-order valence-electron chi connectivity index (χ4n) is 3.03. The lowest BCUT2D eigenvalue weighted by Gasteiger charge is -2.31. The Morgan fingerprint density at radius 3 is 2.32 bits per heavy atom. The number of nitrogens with zero attached hydrogens (tertiary/aromatic N) is 1. The standard InChI is InChI=1S/C13H14F4N2/c14-8-5-9(15)12(17)13(11(8)16)18-10-2-4-19-3-1-7(10)6-19/h5,7,10,18H,1-4,6H2. The van der Waals surface area contributed by atoms with Gasteiger partial charge in [-0.15, -0.1) is 0 Å². The highest BCUT2D eigenvalue weighted by Crippen LogP contribution is 2.32. The molecule has 3 rings (SSSR count). The molecule has 1 aromatic rings. The van der Waals surface area contributed by atoms with E-state index in [0.29, 0.717) is 0 Å². The number of hydrogen-bond donors (Lipinski definition) is 1. The molecule has 2 nitrogen and oxygen atoms in total. The van der Waals surface area contributed by atoms with E-state index in [-0.39, 0.29) is 18.0 Å². The zero-order valence-corrected chi connectivity index (χ0v) is 10.2. The Balaban J connectivity index is 1.87. The maximum Gasteiger partial charge on any atom is 0.185 e. The Kier molecular flexibility index (Phi) is 3.12. The molecule has 3 unspecified atom stereocenters. The van der Waals surface area contributed by atoms with Gasteiger partial charge in [0.1, 0.15) is 5.69 Å². The first-order valence-corrected chi connectivity index (χ1v) is 6.38. The number of benzene rings is 1. The molecule has 0 radical (unpaired) electrons. The number of rotatable bonds is 2. The number of piperidine rings is 1. The Morgan fingerprint density at radius 2 is 1.63 bits per heavy atom. The van der Waals surface area contributed by atoms with Crippen LogP contribution in [0.25, 0.3) is 0 Å². The van der Waals surface area contributed by atoms with Gasteiger partial charge in [0.05, 0.1) is 0 Å². The first-order chi connectivity index (χ1) is 9.06. The number of nitrogens with one attached hydrogen (secondary N) is 1. The van der Waals surface area contributed by atoms with Crippen LogP contribution in [0.4, 0.5) is 23.2 Å². The van der Waals surface area contributed by atoms with E-state index in [2.05, 4.69) is 10.2 Å². The summed E-state index contributed by atoms with van der Waals surface area (Å²) in [6.07, 6.45) is 1.67. The molecule has 104 valence electrons. The van der Waals surface area contributed by atoms with Crippen molar-refractivity contribution < 1.29 is 17.6 Å². The van der Waals surface area contributed by atoms with Crippen molar-refractivity contribution in [1.29, 1.82) is 0 Å². The van der Waals surface area contributed by atoms with E-state index in [0.717, 1.165) is 32.5 Å². The average molecular weight is 274 g/mol. The SMILES string of the molecule is Fc1cc(F)c(F)c(NC2CCN3CCC2C3)c1F. The smallest absolute Gasteiger partial charge is 0.185 e. The third kappa shape index (κ3) is 2.18. The van der Waals surface area contributed by atoms with Crippen LogP contribution in [0, 0.1) is 29.2 Å². The molecular weight excluding hydrogens is 260 g/mol. The van der Waals surface area contributed by atoms with Crippen LogP contribution in [0.15, 0.2) is 6.07 Å². The van der Waals surface area contributed by atoms with Gasteiger partial charge in [-0.1, -0.05) is 0 Å². The third-order valence-electron chi connectivity index (χ3n) is 4.08. The van der Waals surface area contributed by atoms with E-state index in [1.54, 1.807) is 0 Å². The Morgan fingerprint density at radius 1 is 1.00 bits per heavy atom. The minimum Gasteiger partial charge on any atom is -0.377 e. The Bertz CT molecular complexity index is 480. The lowest BCUT2D eigenvalue weighted by atomic mass is 9.94. The molecule has 0 aromatic heterocycles. The summed E-state index contributed by atoms with van der Waals surface area (Å²) in [6, 6.07) is 0.0949.